The van der Waals surface area contributed by atoms with Crippen LogP contribution in [0.3, 0.4) is 0 Å². The van der Waals surface area contributed by atoms with E-state index in [1.807, 2.05) is 48.5 Å². The number of aryl methyl sites for hydroxylation is 1. The fourth-order valence-corrected chi connectivity index (χ4v) is 3.12. The molecule has 0 aliphatic carbocycles. The number of ether oxygens (including phenoxy) is 4. The monoisotopic (exact) mass is 370 g/mol. The average Bonchev–Trinajstić information content (AvgIpc) is 2.73. The van der Waals surface area contributed by atoms with Crippen molar-refractivity contribution >= 4 is 0 Å². The molecule has 0 atom stereocenters. The van der Waals surface area contributed by atoms with Crippen LogP contribution in [0.15, 0.2) is 48.5 Å². The van der Waals surface area contributed by atoms with Gasteiger partial charge >= 0.3 is 0 Å². The van der Waals surface area contributed by atoms with Gasteiger partial charge in [-0.05, 0) is 44.0 Å². The molecule has 0 saturated carbocycles. The first-order valence-corrected chi connectivity index (χ1v) is 9.79. The van der Waals surface area contributed by atoms with Gasteiger partial charge in [-0.1, -0.05) is 43.7 Å². The van der Waals surface area contributed by atoms with Crippen LogP contribution >= 0.6 is 0 Å². The van der Waals surface area contributed by atoms with E-state index in [-0.39, 0.29) is 11.7 Å². The normalized spacial score (nSPS) is 16.9. The summed E-state index contributed by atoms with van der Waals surface area (Å²) in [6.07, 6.45) is 1.87. The number of rotatable bonds is 8. The van der Waals surface area contributed by atoms with Crippen molar-refractivity contribution in [3.63, 3.8) is 0 Å². The lowest BCUT2D eigenvalue weighted by molar-refractivity contribution is -0.235. The Morgan fingerprint density at radius 1 is 0.815 bits per heavy atom. The van der Waals surface area contributed by atoms with E-state index in [1.54, 1.807) is 0 Å². The predicted octanol–water partition coefficient (Wildman–Crippen LogP) is 5.30. The summed E-state index contributed by atoms with van der Waals surface area (Å²) in [6.45, 7) is 8.97. The molecule has 0 unspecified atom stereocenters. The zero-order valence-electron chi connectivity index (χ0n) is 16.6. The Kier molecular flexibility index (Phi) is 6.75. The van der Waals surface area contributed by atoms with Crippen LogP contribution in [0, 0.1) is 12.3 Å². The van der Waals surface area contributed by atoms with Crippen molar-refractivity contribution in [3.8, 4) is 11.5 Å². The second-order valence-corrected chi connectivity index (χ2v) is 7.24. The zero-order valence-corrected chi connectivity index (χ0v) is 16.6. The van der Waals surface area contributed by atoms with E-state index < -0.39 is 0 Å². The average molecular weight is 370 g/mol. The first-order valence-electron chi connectivity index (χ1n) is 9.79. The van der Waals surface area contributed by atoms with E-state index in [1.165, 1.54) is 5.56 Å². The Bertz CT molecular complexity index is 679. The fraction of sp³-hybridized carbons (Fsp3) is 0.478. The lowest BCUT2D eigenvalue weighted by Gasteiger charge is -2.39. The number of hydrogen-bond donors (Lipinski definition) is 0. The third-order valence-corrected chi connectivity index (χ3v) is 5.38. The Balaban J connectivity index is 1.43. The molecule has 0 spiro atoms. The van der Waals surface area contributed by atoms with E-state index in [2.05, 4.69) is 20.8 Å². The van der Waals surface area contributed by atoms with Crippen LogP contribution in [0.1, 0.15) is 44.1 Å². The molecule has 4 heteroatoms. The van der Waals surface area contributed by atoms with Crippen molar-refractivity contribution in [1.82, 2.24) is 0 Å². The summed E-state index contributed by atoms with van der Waals surface area (Å²) < 4.78 is 23.4. The van der Waals surface area contributed by atoms with Crippen molar-refractivity contribution < 1.29 is 18.9 Å². The van der Waals surface area contributed by atoms with E-state index in [4.69, 9.17) is 18.9 Å². The van der Waals surface area contributed by atoms with Gasteiger partial charge in [0.15, 0.2) is 6.29 Å². The molecular formula is C23H30O4. The highest BCUT2D eigenvalue weighted by Crippen LogP contribution is 2.36. The molecule has 1 aliphatic rings. The molecular weight excluding hydrogens is 340 g/mol. The van der Waals surface area contributed by atoms with Crippen molar-refractivity contribution in [2.45, 2.75) is 39.9 Å². The van der Waals surface area contributed by atoms with Crippen LogP contribution in [0.5, 0.6) is 11.5 Å². The van der Waals surface area contributed by atoms with Crippen LogP contribution in [-0.4, -0.2) is 26.4 Å². The first-order chi connectivity index (χ1) is 13.1. The van der Waals surface area contributed by atoms with E-state index in [0.29, 0.717) is 13.2 Å². The fourth-order valence-electron chi connectivity index (χ4n) is 3.12. The Hall–Kier alpha value is -2.04. The van der Waals surface area contributed by atoms with Crippen molar-refractivity contribution in [3.05, 3.63) is 59.7 Å². The van der Waals surface area contributed by atoms with Crippen molar-refractivity contribution in [2.75, 3.05) is 26.4 Å². The third kappa shape index (κ3) is 5.24. The molecule has 0 N–H and O–H groups in total. The summed E-state index contributed by atoms with van der Waals surface area (Å²) in [4.78, 5) is 0. The van der Waals surface area contributed by atoms with Crippen LogP contribution < -0.4 is 9.47 Å². The molecule has 0 radical (unpaired) electrons. The summed E-state index contributed by atoms with van der Waals surface area (Å²) >= 11 is 0. The lowest BCUT2D eigenvalue weighted by Crippen LogP contribution is -2.37. The highest BCUT2D eigenvalue weighted by molar-refractivity contribution is 5.28. The molecule has 146 valence electrons. The van der Waals surface area contributed by atoms with Gasteiger partial charge in [0.1, 0.15) is 24.7 Å². The van der Waals surface area contributed by atoms with Crippen LogP contribution in [0.4, 0.5) is 0 Å². The standard InChI is InChI=1S/C23H30O4/c1-4-23(5-2)16-26-22(27-17-23)19-8-12-21(13-9-19)25-15-14-24-20-10-6-18(3)7-11-20/h6-13,22H,4-5,14-17H2,1-3H3. The highest BCUT2D eigenvalue weighted by Gasteiger charge is 2.34. The van der Waals surface area contributed by atoms with E-state index in [9.17, 15) is 0 Å². The van der Waals surface area contributed by atoms with Gasteiger partial charge in [-0.3, -0.25) is 0 Å². The Morgan fingerprint density at radius 3 is 1.78 bits per heavy atom. The largest absolute Gasteiger partial charge is 0.490 e. The first kappa shape index (κ1) is 19.7. The number of benzene rings is 2. The predicted molar refractivity (Wildman–Crippen MR) is 106 cm³/mol. The van der Waals surface area contributed by atoms with Crippen LogP contribution in [0.2, 0.25) is 0 Å². The number of hydrogen-bond acceptors (Lipinski definition) is 4. The van der Waals surface area contributed by atoms with Gasteiger partial charge in [0.2, 0.25) is 0 Å². The molecule has 1 saturated heterocycles. The summed E-state index contributed by atoms with van der Waals surface area (Å²) in [5.41, 5.74) is 2.41. The minimum absolute atomic E-state index is 0.164. The third-order valence-electron chi connectivity index (χ3n) is 5.38. The van der Waals surface area contributed by atoms with Crippen LogP contribution in [0.25, 0.3) is 0 Å². The maximum absolute atomic E-state index is 5.97. The molecule has 1 fully saturated rings. The molecule has 2 aromatic carbocycles. The molecule has 0 bridgehead atoms. The van der Waals surface area contributed by atoms with Gasteiger partial charge in [-0.2, -0.15) is 0 Å². The zero-order chi connectivity index (χ0) is 19.1. The Morgan fingerprint density at radius 2 is 1.30 bits per heavy atom. The van der Waals surface area contributed by atoms with Crippen molar-refractivity contribution in [1.29, 1.82) is 0 Å². The lowest BCUT2D eigenvalue weighted by atomic mass is 9.83. The van der Waals surface area contributed by atoms with Crippen LogP contribution in [-0.2, 0) is 9.47 Å². The highest BCUT2D eigenvalue weighted by atomic mass is 16.7. The van der Waals surface area contributed by atoms with E-state index in [0.717, 1.165) is 43.1 Å². The molecule has 0 amide bonds. The van der Waals surface area contributed by atoms with Crippen molar-refractivity contribution in [2.24, 2.45) is 5.41 Å². The molecule has 2 aromatic rings. The van der Waals surface area contributed by atoms with Gasteiger partial charge in [0.05, 0.1) is 13.2 Å². The van der Waals surface area contributed by atoms with Gasteiger partial charge < -0.3 is 18.9 Å². The Labute approximate surface area is 162 Å². The van der Waals surface area contributed by atoms with Gasteiger partial charge in [-0.15, -0.1) is 0 Å². The minimum Gasteiger partial charge on any atom is -0.490 e. The summed E-state index contributed by atoms with van der Waals surface area (Å²) in [7, 11) is 0. The molecule has 3 rings (SSSR count). The summed E-state index contributed by atoms with van der Waals surface area (Å²) in [6, 6.07) is 15.9. The quantitative estimate of drug-likeness (QED) is 0.591. The smallest absolute Gasteiger partial charge is 0.183 e. The van der Waals surface area contributed by atoms with E-state index >= 15 is 0 Å². The minimum atomic E-state index is -0.282. The topological polar surface area (TPSA) is 36.9 Å². The maximum Gasteiger partial charge on any atom is 0.183 e. The molecule has 0 aromatic heterocycles. The molecule has 1 aliphatic heterocycles. The summed E-state index contributed by atoms with van der Waals surface area (Å²) in [5, 5.41) is 0. The molecule has 27 heavy (non-hydrogen) atoms. The molecule has 4 nitrogen and oxygen atoms in total. The second-order valence-electron chi connectivity index (χ2n) is 7.24. The molecule has 1 heterocycles. The SMILES string of the molecule is CCC1(CC)COC(c2ccc(OCCOc3ccc(C)cc3)cc2)OC1. The summed E-state index contributed by atoms with van der Waals surface area (Å²) in [5.74, 6) is 1.68. The van der Waals surface area contributed by atoms with Gasteiger partial charge in [-0.25, -0.2) is 0 Å². The maximum atomic E-state index is 5.97. The van der Waals surface area contributed by atoms with Gasteiger partial charge in [0.25, 0.3) is 0 Å². The second kappa shape index (κ2) is 9.25. The van der Waals surface area contributed by atoms with Gasteiger partial charge in [0, 0.05) is 11.0 Å².